The van der Waals surface area contributed by atoms with Crippen molar-refractivity contribution in [2.24, 2.45) is 0 Å². The predicted molar refractivity (Wildman–Crippen MR) is 86.0 cm³/mol. The molecule has 0 aromatic rings. The Labute approximate surface area is 139 Å². The van der Waals surface area contributed by atoms with Gasteiger partial charge >= 0.3 is 7.60 Å². The van der Waals surface area contributed by atoms with Crippen molar-refractivity contribution in [3.05, 3.63) is 0 Å². The van der Waals surface area contributed by atoms with Crippen molar-refractivity contribution < 1.29 is 32.9 Å². The summed E-state index contributed by atoms with van der Waals surface area (Å²) in [5.74, 6) is 0. The van der Waals surface area contributed by atoms with Gasteiger partial charge < -0.3 is 28.7 Å². The molecule has 134 valence electrons. The lowest BCUT2D eigenvalue weighted by Crippen LogP contribution is -2.39. The van der Waals surface area contributed by atoms with Crippen LogP contribution in [-0.4, -0.2) is 103 Å². The molecule has 1 rings (SSSR count). The van der Waals surface area contributed by atoms with Crippen molar-refractivity contribution in [2.45, 2.75) is 24.3 Å². The summed E-state index contributed by atoms with van der Waals surface area (Å²) < 4.78 is 38.4. The maximum absolute atomic E-state index is 11.6. The second kappa shape index (κ2) is 10.1. The third-order valence-electron chi connectivity index (χ3n) is 3.22. The molecule has 23 heavy (non-hydrogen) atoms. The van der Waals surface area contributed by atoms with Crippen LogP contribution >= 0.6 is 7.60 Å². The number of ether oxygens (including phenoxy) is 4. The molecule has 0 aromatic carbocycles. The zero-order chi connectivity index (χ0) is 17.5. The Kier molecular flexibility index (Phi) is 9.25. The normalized spacial score (nSPS) is 30.7. The molecule has 0 aliphatic carbocycles. The van der Waals surface area contributed by atoms with Crippen LogP contribution in [0.4, 0.5) is 0 Å². The summed E-state index contributed by atoms with van der Waals surface area (Å²) in [6, 6.07) is -0.756. The van der Waals surface area contributed by atoms with Gasteiger partial charge in [-0.1, -0.05) is 0 Å². The van der Waals surface area contributed by atoms with Crippen LogP contribution in [0.5, 0.6) is 0 Å². The van der Waals surface area contributed by atoms with Gasteiger partial charge in [0.2, 0.25) is 0 Å². The fourth-order valence-electron chi connectivity index (χ4n) is 2.19. The molecule has 0 amide bonds. The molecule has 2 unspecified atom stereocenters. The largest absolute Gasteiger partial charge is 0.382 e. The summed E-state index contributed by atoms with van der Waals surface area (Å²) in [7, 11) is 7.61. The topological polar surface area (TPSA) is 86.7 Å². The first-order valence-electron chi connectivity index (χ1n) is 7.47. The number of rotatable bonds is 11. The second-order valence-corrected chi connectivity index (χ2v) is 7.54. The van der Waals surface area contributed by atoms with E-state index >= 15 is 0 Å². The molecule has 8 nitrogen and oxygen atoms in total. The monoisotopic (exact) mass is 351 g/mol. The third kappa shape index (κ3) is 8.09. The van der Waals surface area contributed by atoms with Crippen LogP contribution in [0.25, 0.3) is 0 Å². The minimum atomic E-state index is -3.71. The molecule has 1 aliphatic heterocycles. The molecule has 1 fully saturated rings. The van der Waals surface area contributed by atoms with E-state index in [9.17, 15) is 9.46 Å². The first-order valence-corrected chi connectivity index (χ1v) is 9.50. The number of hydrogen-bond acceptors (Lipinski definition) is 7. The summed E-state index contributed by atoms with van der Waals surface area (Å²) in [5, 5.41) is 0. The van der Waals surface area contributed by atoms with Gasteiger partial charge in [0, 0.05) is 26.3 Å². The molecule has 1 aliphatic rings. The van der Waals surface area contributed by atoms with Gasteiger partial charge in [-0.15, -0.1) is 0 Å². The zero-order valence-electron chi connectivity index (χ0n) is 14.2. The lowest BCUT2D eigenvalue weighted by atomic mass is 9.93. The quantitative estimate of drug-likeness (QED) is 0.308. The Balaban J connectivity index is 2.47. The Morgan fingerprint density at radius 2 is 1.96 bits per heavy atom. The molecular formula is C13H27BNO7P. The molecule has 0 saturated carbocycles. The molecule has 1 N–H and O–H groups in total. The first-order chi connectivity index (χ1) is 10.7. The van der Waals surface area contributed by atoms with E-state index in [0.717, 1.165) is 13.2 Å². The molecule has 1 saturated heterocycles. The summed E-state index contributed by atoms with van der Waals surface area (Å²) >= 11 is 0. The summed E-state index contributed by atoms with van der Waals surface area (Å²) in [6.45, 7) is 3.39. The van der Waals surface area contributed by atoms with Crippen LogP contribution in [0.15, 0.2) is 0 Å². The van der Waals surface area contributed by atoms with Gasteiger partial charge in [-0.05, 0) is 14.1 Å². The lowest BCUT2D eigenvalue weighted by molar-refractivity contribution is -0.0418. The molecular weight excluding hydrogens is 324 g/mol. The van der Waals surface area contributed by atoms with Crippen LogP contribution < -0.4 is 0 Å². The van der Waals surface area contributed by atoms with E-state index in [1.807, 2.05) is 19.0 Å². The van der Waals surface area contributed by atoms with Crippen LogP contribution in [0.2, 0.25) is 0 Å². The Hall–Kier alpha value is 0.0149. The average molecular weight is 351 g/mol. The molecule has 0 bridgehead atoms. The highest BCUT2D eigenvalue weighted by Gasteiger charge is 2.45. The average Bonchev–Trinajstić information content (AvgIpc) is 2.69. The zero-order valence-corrected chi connectivity index (χ0v) is 15.1. The van der Waals surface area contributed by atoms with Crippen LogP contribution in [0.3, 0.4) is 0 Å². The highest BCUT2D eigenvalue weighted by atomic mass is 31.2. The van der Waals surface area contributed by atoms with Gasteiger partial charge in [0.15, 0.2) is 0 Å². The molecule has 0 aromatic heterocycles. The van der Waals surface area contributed by atoms with Crippen molar-refractivity contribution in [3.63, 3.8) is 0 Å². The molecule has 10 heteroatoms. The highest BCUT2D eigenvalue weighted by Crippen LogP contribution is 2.42. The van der Waals surface area contributed by atoms with E-state index in [1.54, 1.807) is 0 Å². The minimum absolute atomic E-state index is 0.192. The molecule has 0 spiro atoms. The van der Waals surface area contributed by atoms with Crippen molar-refractivity contribution >= 4 is 15.4 Å². The van der Waals surface area contributed by atoms with E-state index in [-0.39, 0.29) is 13.2 Å². The summed E-state index contributed by atoms with van der Waals surface area (Å²) in [4.78, 5) is 11.5. The van der Waals surface area contributed by atoms with Crippen LogP contribution in [-0.2, 0) is 28.0 Å². The number of likely N-dealkylation sites (N-methyl/N-ethyl adjacent to an activating group) is 1. The van der Waals surface area contributed by atoms with Gasteiger partial charge in [-0.2, -0.15) is 0 Å². The third-order valence-corrected chi connectivity index (χ3v) is 3.85. The standard InChI is InChI=1S/C13H27BNO7P/c1-15(2)5-6-19-7-8-20-12-11(22-23(4,16)17)10(9-18-3)21-13(12)14/h10-13H,5-9H2,1-4H3,(H,16,17)/t10-,11+,12?,13-/m1/s1. The smallest absolute Gasteiger partial charge is 0.325 e. The van der Waals surface area contributed by atoms with Gasteiger partial charge in [-0.3, -0.25) is 9.09 Å². The van der Waals surface area contributed by atoms with E-state index in [2.05, 4.69) is 0 Å². The van der Waals surface area contributed by atoms with Gasteiger partial charge in [0.05, 0.1) is 26.4 Å². The summed E-state index contributed by atoms with van der Waals surface area (Å²) in [5.41, 5.74) is 0. The van der Waals surface area contributed by atoms with E-state index in [4.69, 9.17) is 31.3 Å². The van der Waals surface area contributed by atoms with E-state index in [0.29, 0.717) is 13.2 Å². The van der Waals surface area contributed by atoms with Gasteiger partial charge in [0.25, 0.3) is 0 Å². The first kappa shape index (κ1) is 21.1. The molecule has 2 radical (unpaired) electrons. The minimum Gasteiger partial charge on any atom is -0.382 e. The van der Waals surface area contributed by atoms with Gasteiger partial charge in [0.1, 0.15) is 26.2 Å². The maximum Gasteiger partial charge on any atom is 0.325 e. The Morgan fingerprint density at radius 3 is 2.52 bits per heavy atom. The van der Waals surface area contributed by atoms with E-state index in [1.165, 1.54) is 7.11 Å². The fraction of sp³-hybridized carbons (Fsp3) is 1.00. The lowest BCUT2D eigenvalue weighted by Gasteiger charge is -2.25. The van der Waals surface area contributed by atoms with Crippen molar-refractivity contribution in [2.75, 3.05) is 60.8 Å². The number of hydrogen-bond donors (Lipinski definition) is 1. The molecule has 1 heterocycles. The second-order valence-electron chi connectivity index (χ2n) is 5.72. The van der Waals surface area contributed by atoms with Crippen molar-refractivity contribution in [1.82, 2.24) is 4.90 Å². The molecule has 5 atom stereocenters. The Morgan fingerprint density at radius 1 is 1.26 bits per heavy atom. The van der Waals surface area contributed by atoms with Crippen molar-refractivity contribution in [3.8, 4) is 0 Å². The number of nitrogens with zero attached hydrogens (tertiary/aromatic N) is 1. The van der Waals surface area contributed by atoms with Crippen molar-refractivity contribution in [1.29, 1.82) is 0 Å². The number of methoxy groups -OCH3 is 1. The Bertz CT molecular complexity index is 381. The predicted octanol–water partition coefficient (Wildman–Crippen LogP) is -0.310. The maximum atomic E-state index is 11.6. The highest BCUT2D eigenvalue weighted by molar-refractivity contribution is 7.51. The van der Waals surface area contributed by atoms with Crippen LogP contribution in [0.1, 0.15) is 0 Å². The van der Waals surface area contributed by atoms with Gasteiger partial charge in [-0.25, -0.2) is 0 Å². The summed E-state index contributed by atoms with van der Waals surface area (Å²) in [6.07, 6.45) is -1.99. The van der Waals surface area contributed by atoms with Crippen LogP contribution in [0, 0.1) is 0 Å². The SMILES string of the molecule is [B][C@@H]1O[C@H](COC)[C@H](OP(C)(=O)O)C1OCCOCCN(C)C. The fourth-order valence-corrected chi connectivity index (χ4v) is 2.90. The van der Waals surface area contributed by atoms with E-state index < -0.39 is 31.9 Å².